The fraction of sp³-hybridized carbons (Fsp3) is 0.542. The molecule has 2 N–H and O–H groups in total. The summed E-state index contributed by atoms with van der Waals surface area (Å²) in [5, 5.41) is 10.5. The second kappa shape index (κ2) is 10.1. The number of H-pyrrole nitrogens is 1. The van der Waals surface area contributed by atoms with E-state index < -0.39 is 0 Å². The summed E-state index contributed by atoms with van der Waals surface area (Å²) in [5.41, 5.74) is 1.34. The number of likely N-dealkylation sites (tertiary alicyclic amines) is 1. The van der Waals surface area contributed by atoms with E-state index in [1.165, 1.54) is 0 Å². The molecule has 2 saturated heterocycles. The Balaban J connectivity index is 1.50. The normalized spacial score (nSPS) is 22.2. The van der Waals surface area contributed by atoms with Gasteiger partial charge in [-0.1, -0.05) is 37.0 Å². The monoisotopic (exact) mass is 508 g/mol. The first-order valence-corrected chi connectivity index (χ1v) is 12.3. The van der Waals surface area contributed by atoms with Crippen LogP contribution in [0.2, 0.25) is 10.0 Å². The molecule has 2 aromatic rings. The molecule has 2 fully saturated rings. The Bertz CT molecular complexity index is 1050. The van der Waals surface area contributed by atoms with E-state index in [9.17, 15) is 9.59 Å². The van der Waals surface area contributed by atoms with Gasteiger partial charge in [-0.3, -0.25) is 14.7 Å². The van der Waals surface area contributed by atoms with Crippen LogP contribution in [0.1, 0.15) is 62.4 Å². The van der Waals surface area contributed by atoms with Crippen molar-refractivity contribution in [3.05, 3.63) is 39.5 Å². The Morgan fingerprint density at radius 3 is 2.56 bits per heavy atom. The van der Waals surface area contributed by atoms with Crippen molar-refractivity contribution < 1.29 is 19.1 Å². The van der Waals surface area contributed by atoms with Crippen molar-refractivity contribution >= 4 is 40.8 Å². The van der Waals surface area contributed by atoms with E-state index in [2.05, 4.69) is 15.5 Å². The van der Waals surface area contributed by atoms with Gasteiger partial charge in [0.2, 0.25) is 5.91 Å². The Labute approximate surface area is 209 Å². The highest BCUT2D eigenvalue weighted by Gasteiger charge is 2.47. The van der Waals surface area contributed by atoms with Crippen LogP contribution in [0.3, 0.4) is 0 Å². The van der Waals surface area contributed by atoms with Gasteiger partial charge in [-0.2, -0.15) is 5.10 Å². The molecule has 4 rings (SSSR count). The molecule has 3 atom stereocenters. The van der Waals surface area contributed by atoms with Crippen LogP contribution in [0.5, 0.6) is 5.75 Å². The lowest BCUT2D eigenvalue weighted by Gasteiger charge is -2.40. The van der Waals surface area contributed by atoms with Crippen molar-refractivity contribution in [2.75, 3.05) is 18.5 Å². The van der Waals surface area contributed by atoms with E-state index in [0.717, 1.165) is 5.56 Å². The smallest absolute Gasteiger partial charge is 0.254 e. The molecule has 0 aliphatic carbocycles. The van der Waals surface area contributed by atoms with Gasteiger partial charge in [-0.25, -0.2) is 0 Å². The first-order chi connectivity index (χ1) is 16.2. The van der Waals surface area contributed by atoms with Crippen LogP contribution in [-0.4, -0.2) is 58.3 Å². The van der Waals surface area contributed by atoms with Crippen molar-refractivity contribution in [2.45, 2.75) is 64.7 Å². The van der Waals surface area contributed by atoms with Gasteiger partial charge in [0.25, 0.3) is 5.91 Å². The summed E-state index contributed by atoms with van der Waals surface area (Å²) in [6.45, 7) is 8.76. The molecule has 0 unspecified atom stereocenters. The molecule has 0 saturated carbocycles. The predicted octanol–water partition coefficient (Wildman–Crippen LogP) is 4.89. The summed E-state index contributed by atoms with van der Waals surface area (Å²) in [7, 11) is 0. The third-order valence-electron chi connectivity index (χ3n) is 6.32. The summed E-state index contributed by atoms with van der Waals surface area (Å²) in [4.78, 5) is 28.4. The number of halogens is 2. The molecule has 8 nitrogen and oxygen atoms in total. The maximum atomic E-state index is 13.4. The summed E-state index contributed by atoms with van der Waals surface area (Å²) >= 11 is 12.7. The number of carbonyl (C=O) groups excluding carboxylic acids is 2. The summed E-state index contributed by atoms with van der Waals surface area (Å²) in [6.07, 6.45) is 2.40. The molecule has 34 heavy (non-hydrogen) atoms. The Morgan fingerprint density at radius 2 is 1.91 bits per heavy atom. The number of anilines is 1. The maximum absolute atomic E-state index is 13.4. The number of ether oxygens (including phenoxy) is 2. The minimum Gasteiger partial charge on any atom is -0.488 e. The average molecular weight is 509 g/mol. The van der Waals surface area contributed by atoms with Gasteiger partial charge < -0.3 is 19.7 Å². The first kappa shape index (κ1) is 24.8. The second-order valence-corrected chi connectivity index (χ2v) is 10.2. The number of benzene rings is 1. The van der Waals surface area contributed by atoms with Gasteiger partial charge in [-0.15, -0.1) is 0 Å². The van der Waals surface area contributed by atoms with E-state index in [-0.39, 0.29) is 41.9 Å². The van der Waals surface area contributed by atoms with Crippen molar-refractivity contribution in [2.24, 2.45) is 5.92 Å². The molecule has 184 valence electrons. The van der Waals surface area contributed by atoms with Crippen LogP contribution in [0.15, 0.2) is 18.3 Å². The Hall–Kier alpha value is -2.29. The van der Waals surface area contributed by atoms with Gasteiger partial charge >= 0.3 is 0 Å². The molecule has 2 aliphatic heterocycles. The number of amides is 2. The molecule has 0 spiro atoms. The molecule has 2 amide bonds. The maximum Gasteiger partial charge on any atom is 0.254 e. The van der Waals surface area contributed by atoms with E-state index in [4.69, 9.17) is 32.7 Å². The lowest BCUT2D eigenvalue weighted by atomic mass is 9.86. The van der Waals surface area contributed by atoms with Gasteiger partial charge in [0.05, 0.1) is 40.4 Å². The molecular weight excluding hydrogens is 479 g/mol. The van der Waals surface area contributed by atoms with E-state index in [1.807, 2.05) is 27.7 Å². The van der Waals surface area contributed by atoms with Crippen molar-refractivity contribution in [1.82, 2.24) is 15.1 Å². The number of nitrogens with one attached hydrogen (secondary N) is 2. The summed E-state index contributed by atoms with van der Waals surface area (Å²) < 4.78 is 11.6. The summed E-state index contributed by atoms with van der Waals surface area (Å²) in [5.74, 6) is 0.521. The number of hydrogen-bond acceptors (Lipinski definition) is 5. The fourth-order valence-electron chi connectivity index (χ4n) is 4.71. The lowest BCUT2D eigenvalue weighted by Crippen LogP contribution is -2.55. The molecule has 2 aliphatic rings. The number of piperidine rings is 1. The Morgan fingerprint density at radius 1 is 1.21 bits per heavy atom. The summed E-state index contributed by atoms with van der Waals surface area (Å²) in [6, 6.07) is 2.97. The molecule has 10 heteroatoms. The zero-order valence-electron chi connectivity index (χ0n) is 19.7. The number of carbonyl (C=O) groups is 2. The standard InChI is InChI=1S/C24H30Cl2N4O4/c1-12(2)16-11-27-29-22(16)28-23(31)15-5-7-30(19-6-8-33-20(15)19)24(32)14-9-17(25)21(18(26)10-14)34-13(3)4/h9-13,15,19-20H,5-8H2,1-4H3,(H2,27,28,29,31)/t15-,19+,20-/m1/s1. The predicted molar refractivity (Wildman–Crippen MR) is 131 cm³/mol. The van der Waals surface area contributed by atoms with Crippen LogP contribution in [-0.2, 0) is 9.53 Å². The van der Waals surface area contributed by atoms with E-state index >= 15 is 0 Å². The molecule has 3 heterocycles. The molecular formula is C24H30Cl2N4O4. The lowest BCUT2D eigenvalue weighted by molar-refractivity contribution is -0.127. The van der Waals surface area contributed by atoms with Crippen LogP contribution in [0.4, 0.5) is 5.82 Å². The number of rotatable bonds is 6. The zero-order chi connectivity index (χ0) is 24.6. The van der Waals surface area contributed by atoms with Crippen molar-refractivity contribution in [3.63, 3.8) is 0 Å². The first-order valence-electron chi connectivity index (χ1n) is 11.6. The van der Waals surface area contributed by atoms with E-state index in [0.29, 0.717) is 53.2 Å². The highest BCUT2D eigenvalue weighted by atomic mass is 35.5. The molecule has 0 radical (unpaired) electrons. The van der Waals surface area contributed by atoms with Crippen LogP contribution in [0.25, 0.3) is 0 Å². The molecule has 1 aromatic heterocycles. The van der Waals surface area contributed by atoms with Crippen molar-refractivity contribution in [1.29, 1.82) is 0 Å². The molecule has 0 bridgehead atoms. The fourth-order valence-corrected chi connectivity index (χ4v) is 5.28. The topological polar surface area (TPSA) is 96.6 Å². The number of aromatic amines is 1. The average Bonchev–Trinajstić information content (AvgIpc) is 3.44. The van der Waals surface area contributed by atoms with Crippen LogP contribution in [0, 0.1) is 5.92 Å². The van der Waals surface area contributed by atoms with E-state index in [1.54, 1.807) is 23.2 Å². The number of aromatic nitrogens is 2. The third-order valence-corrected chi connectivity index (χ3v) is 6.88. The minimum atomic E-state index is -0.377. The van der Waals surface area contributed by atoms with Gasteiger partial charge in [0, 0.05) is 24.3 Å². The number of hydrogen-bond donors (Lipinski definition) is 2. The highest BCUT2D eigenvalue weighted by Crippen LogP contribution is 2.38. The second-order valence-electron chi connectivity index (χ2n) is 9.37. The third kappa shape index (κ3) is 4.90. The SMILES string of the molecule is CC(C)Oc1c(Cl)cc(C(=O)N2CC[C@@H](C(=O)Nc3[nH]ncc3C(C)C)[C@H]3OCC[C@@H]32)cc1Cl. The minimum absolute atomic E-state index is 0.100. The van der Waals surface area contributed by atoms with Crippen LogP contribution < -0.4 is 10.1 Å². The Kier molecular flexibility index (Phi) is 7.40. The van der Waals surface area contributed by atoms with Gasteiger partial charge in [-0.05, 0) is 44.7 Å². The number of fused-ring (bicyclic) bond motifs is 1. The number of nitrogens with zero attached hydrogens (tertiary/aromatic N) is 2. The largest absolute Gasteiger partial charge is 0.488 e. The van der Waals surface area contributed by atoms with Crippen LogP contribution >= 0.6 is 23.2 Å². The molecule has 1 aromatic carbocycles. The van der Waals surface area contributed by atoms with Gasteiger partial charge in [0.1, 0.15) is 5.82 Å². The zero-order valence-corrected chi connectivity index (χ0v) is 21.2. The quantitative estimate of drug-likeness (QED) is 0.579. The highest BCUT2D eigenvalue weighted by molar-refractivity contribution is 6.37. The van der Waals surface area contributed by atoms with Crippen molar-refractivity contribution in [3.8, 4) is 5.75 Å². The van der Waals surface area contributed by atoms with Gasteiger partial charge in [0.15, 0.2) is 5.75 Å².